The molecule has 3 nitrogen and oxygen atoms in total. The average Bonchev–Trinajstić information content (AvgIpc) is 2.78. The van der Waals surface area contributed by atoms with E-state index in [0.717, 1.165) is 36.1 Å². The third-order valence-corrected chi connectivity index (χ3v) is 5.48. The van der Waals surface area contributed by atoms with Gasteiger partial charge in [0.2, 0.25) is 0 Å². The van der Waals surface area contributed by atoms with Gasteiger partial charge in [0.05, 0.1) is 6.61 Å². The van der Waals surface area contributed by atoms with E-state index in [1.165, 1.54) is 43.2 Å². The number of phenols is 1. The molecule has 3 rings (SSSR count). The second-order valence-electron chi connectivity index (χ2n) is 7.81. The van der Waals surface area contributed by atoms with Gasteiger partial charge in [0.25, 0.3) is 0 Å². The molecule has 0 bridgehead atoms. The monoisotopic (exact) mass is 403 g/mol. The van der Waals surface area contributed by atoms with Gasteiger partial charge in [-0.15, -0.1) is 0 Å². The lowest BCUT2D eigenvalue weighted by Gasteiger charge is -2.13. The second-order valence-corrected chi connectivity index (χ2v) is 7.81. The first-order chi connectivity index (χ1) is 14.8. The van der Waals surface area contributed by atoms with Crippen molar-refractivity contribution in [3.63, 3.8) is 0 Å². The van der Waals surface area contributed by atoms with Crippen molar-refractivity contribution in [3.05, 3.63) is 78.1 Å². The van der Waals surface area contributed by atoms with E-state index in [1.807, 2.05) is 30.6 Å². The van der Waals surface area contributed by atoms with Gasteiger partial charge < -0.3 is 9.84 Å². The molecule has 3 aromatic rings. The second kappa shape index (κ2) is 12.0. The Kier molecular flexibility index (Phi) is 8.77. The van der Waals surface area contributed by atoms with Crippen LogP contribution in [0.1, 0.15) is 56.6 Å². The predicted octanol–water partition coefficient (Wildman–Crippen LogP) is 6.98. The van der Waals surface area contributed by atoms with E-state index in [0.29, 0.717) is 6.61 Å². The number of unbranched alkanes of at least 4 members (excludes halogenated alkanes) is 5. The van der Waals surface area contributed by atoms with Crippen LogP contribution in [-0.2, 0) is 12.8 Å². The molecule has 0 saturated heterocycles. The Labute approximate surface area is 180 Å². The van der Waals surface area contributed by atoms with E-state index in [9.17, 15) is 5.11 Å². The highest BCUT2D eigenvalue weighted by Gasteiger charge is 2.10. The minimum absolute atomic E-state index is 0.270. The summed E-state index contributed by atoms with van der Waals surface area (Å²) in [5, 5.41) is 10.7. The number of benzene rings is 2. The van der Waals surface area contributed by atoms with E-state index in [1.54, 1.807) is 6.07 Å². The number of aromatic nitrogens is 1. The summed E-state index contributed by atoms with van der Waals surface area (Å²) < 4.78 is 5.85. The Morgan fingerprint density at radius 1 is 0.800 bits per heavy atom. The number of pyridine rings is 1. The van der Waals surface area contributed by atoms with Gasteiger partial charge in [-0.05, 0) is 60.2 Å². The molecule has 0 saturated carbocycles. The molecule has 0 aliphatic heterocycles. The minimum atomic E-state index is 0.270. The standard InChI is InChI=1S/C27H33NO2/c1-2-3-4-5-6-9-20-30-24-14-15-26(27(29)21-24)25-11-8-7-10-23(25)13-12-22-16-18-28-19-17-22/h7-8,10-11,14-19,21,29H,2-6,9,12-13,20H2,1H3. The summed E-state index contributed by atoms with van der Waals surface area (Å²) in [7, 11) is 0. The van der Waals surface area contributed by atoms with Crippen molar-refractivity contribution < 1.29 is 9.84 Å². The first-order valence-electron chi connectivity index (χ1n) is 11.2. The van der Waals surface area contributed by atoms with Crippen LogP contribution in [0.4, 0.5) is 0 Å². The maximum Gasteiger partial charge on any atom is 0.127 e. The fraction of sp³-hybridized carbons (Fsp3) is 0.370. The molecule has 1 heterocycles. The number of aromatic hydroxyl groups is 1. The Morgan fingerprint density at radius 3 is 2.37 bits per heavy atom. The highest BCUT2D eigenvalue weighted by molar-refractivity contribution is 5.74. The quantitative estimate of drug-likeness (QED) is 0.332. The van der Waals surface area contributed by atoms with Crippen LogP contribution in [0.25, 0.3) is 11.1 Å². The van der Waals surface area contributed by atoms with Crippen molar-refractivity contribution in [1.29, 1.82) is 0 Å². The van der Waals surface area contributed by atoms with Crippen LogP contribution in [0.2, 0.25) is 0 Å². The maximum absolute atomic E-state index is 10.7. The van der Waals surface area contributed by atoms with Gasteiger partial charge >= 0.3 is 0 Å². The van der Waals surface area contributed by atoms with Crippen molar-refractivity contribution in [3.8, 4) is 22.6 Å². The topological polar surface area (TPSA) is 42.4 Å². The third kappa shape index (κ3) is 6.62. The number of nitrogens with zero attached hydrogens (tertiary/aromatic N) is 1. The van der Waals surface area contributed by atoms with Crippen LogP contribution in [0.3, 0.4) is 0 Å². The molecule has 0 fully saturated rings. The van der Waals surface area contributed by atoms with Gasteiger partial charge in [0.1, 0.15) is 11.5 Å². The van der Waals surface area contributed by atoms with Crippen LogP contribution >= 0.6 is 0 Å². The molecule has 3 heteroatoms. The smallest absolute Gasteiger partial charge is 0.127 e. The van der Waals surface area contributed by atoms with Gasteiger partial charge in [-0.2, -0.15) is 0 Å². The lowest BCUT2D eigenvalue weighted by molar-refractivity contribution is 0.303. The molecule has 2 aromatic carbocycles. The van der Waals surface area contributed by atoms with E-state index in [2.05, 4.69) is 42.2 Å². The van der Waals surface area contributed by atoms with Gasteiger partial charge in [0, 0.05) is 24.0 Å². The van der Waals surface area contributed by atoms with Crippen LogP contribution in [0, 0.1) is 0 Å². The van der Waals surface area contributed by atoms with Crippen LogP contribution in [-0.4, -0.2) is 16.7 Å². The summed E-state index contributed by atoms with van der Waals surface area (Å²) in [6, 6.07) is 18.1. The molecule has 30 heavy (non-hydrogen) atoms. The van der Waals surface area contributed by atoms with Gasteiger partial charge in [-0.25, -0.2) is 0 Å². The molecule has 0 spiro atoms. The van der Waals surface area contributed by atoms with Crippen molar-refractivity contribution >= 4 is 0 Å². The fourth-order valence-electron chi connectivity index (χ4n) is 3.73. The lowest BCUT2D eigenvalue weighted by Crippen LogP contribution is -1.98. The minimum Gasteiger partial charge on any atom is -0.507 e. The number of hydrogen-bond acceptors (Lipinski definition) is 3. The molecule has 1 N–H and O–H groups in total. The summed E-state index contributed by atoms with van der Waals surface area (Å²) in [6.45, 7) is 2.94. The molecule has 0 aliphatic carbocycles. The molecule has 1 aromatic heterocycles. The maximum atomic E-state index is 10.7. The third-order valence-electron chi connectivity index (χ3n) is 5.48. The van der Waals surface area contributed by atoms with E-state index < -0.39 is 0 Å². The first kappa shape index (κ1) is 21.9. The van der Waals surface area contributed by atoms with Crippen LogP contribution < -0.4 is 4.74 Å². The van der Waals surface area contributed by atoms with Crippen LogP contribution in [0.5, 0.6) is 11.5 Å². The molecule has 158 valence electrons. The number of phenolic OH excluding ortho intramolecular Hbond substituents is 1. The zero-order valence-corrected chi connectivity index (χ0v) is 18.0. The summed E-state index contributed by atoms with van der Waals surface area (Å²) in [6.07, 6.45) is 13.0. The molecule has 0 unspecified atom stereocenters. The fourth-order valence-corrected chi connectivity index (χ4v) is 3.73. The molecule has 0 atom stereocenters. The van der Waals surface area contributed by atoms with Gasteiger partial charge in [0.15, 0.2) is 0 Å². The van der Waals surface area contributed by atoms with Crippen molar-refractivity contribution in [2.45, 2.75) is 58.3 Å². The van der Waals surface area contributed by atoms with Crippen LogP contribution in [0.15, 0.2) is 67.0 Å². The Morgan fingerprint density at radius 2 is 1.57 bits per heavy atom. The largest absolute Gasteiger partial charge is 0.507 e. The summed E-state index contributed by atoms with van der Waals surface area (Å²) in [5.41, 5.74) is 4.42. The number of ether oxygens (including phenoxy) is 1. The summed E-state index contributed by atoms with van der Waals surface area (Å²) in [4.78, 5) is 4.08. The number of aryl methyl sites for hydroxylation is 2. The Hall–Kier alpha value is -2.81. The SMILES string of the molecule is CCCCCCCCOc1ccc(-c2ccccc2CCc2ccncc2)c(O)c1. The normalized spacial score (nSPS) is 10.8. The van der Waals surface area contributed by atoms with Crippen molar-refractivity contribution in [2.24, 2.45) is 0 Å². The van der Waals surface area contributed by atoms with Crippen molar-refractivity contribution in [1.82, 2.24) is 4.98 Å². The molecule has 0 amide bonds. The Balaban J connectivity index is 1.59. The highest BCUT2D eigenvalue weighted by atomic mass is 16.5. The van der Waals surface area contributed by atoms with Crippen molar-refractivity contribution in [2.75, 3.05) is 6.61 Å². The molecule has 0 radical (unpaired) electrons. The summed E-state index contributed by atoms with van der Waals surface area (Å²) >= 11 is 0. The Bertz CT molecular complexity index is 892. The highest BCUT2D eigenvalue weighted by Crippen LogP contribution is 2.35. The predicted molar refractivity (Wildman–Crippen MR) is 124 cm³/mol. The zero-order valence-electron chi connectivity index (χ0n) is 18.0. The van der Waals surface area contributed by atoms with Gasteiger partial charge in [-0.1, -0.05) is 63.3 Å². The first-order valence-corrected chi connectivity index (χ1v) is 11.2. The molecular formula is C27H33NO2. The molecule has 0 aliphatic rings. The van der Waals surface area contributed by atoms with E-state index >= 15 is 0 Å². The zero-order chi connectivity index (χ0) is 21.0. The number of rotatable bonds is 12. The van der Waals surface area contributed by atoms with E-state index in [-0.39, 0.29) is 5.75 Å². The van der Waals surface area contributed by atoms with Gasteiger partial charge in [-0.3, -0.25) is 4.98 Å². The lowest BCUT2D eigenvalue weighted by atomic mass is 9.95. The van der Waals surface area contributed by atoms with E-state index in [4.69, 9.17) is 4.74 Å². The summed E-state index contributed by atoms with van der Waals surface area (Å²) in [5.74, 6) is 1.01. The number of hydrogen-bond donors (Lipinski definition) is 1. The molecular weight excluding hydrogens is 370 g/mol. The average molecular weight is 404 g/mol.